The molecule has 0 bridgehead atoms. The van der Waals surface area contributed by atoms with Crippen LogP contribution in [0.5, 0.6) is 0 Å². The summed E-state index contributed by atoms with van der Waals surface area (Å²) in [5.74, 6) is 0.183. The number of halogens is 1. The third-order valence-corrected chi connectivity index (χ3v) is 4.53. The maximum Gasteiger partial charge on any atom is 0.270 e. The van der Waals surface area contributed by atoms with Gasteiger partial charge in [-0.05, 0) is 18.2 Å². The van der Waals surface area contributed by atoms with Gasteiger partial charge in [-0.2, -0.15) is 0 Å². The van der Waals surface area contributed by atoms with Crippen molar-refractivity contribution in [2.75, 3.05) is 13.1 Å². The highest BCUT2D eigenvalue weighted by molar-refractivity contribution is 9.10. The van der Waals surface area contributed by atoms with Gasteiger partial charge >= 0.3 is 0 Å². The normalized spacial score (nSPS) is 15.2. The minimum atomic E-state index is -0.138. The molecule has 0 unspecified atom stereocenters. The molecule has 0 atom stereocenters. The van der Waals surface area contributed by atoms with Crippen molar-refractivity contribution in [2.24, 2.45) is 0 Å². The second-order valence-corrected chi connectivity index (χ2v) is 6.45. The van der Waals surface area contributed by atoms with Crippen LogP contribution in [-0.4, -0.2) is 39.1 Å². The van der Waals surface area contributed by atoms with Gasteiger partial charge in [0.05, 0.1) is 0 Å². The Morgan fingerprint density at radius 3 is 2.73 bits per heavy atom. The highest BCUT2D eigenvalue weighted by Crippen LogP contribution is 2.27. The molecular formula is C15H13BrN4O2. The summed E-state index contributed by atoms with van der Waals surface area (Å²) < 4.78 is 0.973. The first kappa shape index (κ1) is 13.4. The molecule has 22 heavy (non-hydrogen) atoms. The molecular weight excluding hydrogens is 348 g/mol. The maximum absolute atomic E-state index is 12.5. The van der Waals surface area contributed by atoms with Crippen molar-refractivity contribution in [3.05, 3.63) is 56.5 Å². The van der Waals surface area contributed by atoms with Gasteiger partial charge < -0.3 is 15.0 Å². The van der Waals surface area contributed by atoms with Gasteiger partial charge in [-0.1, -0.05) is 22.0 Å². The molecule has 1 aliphatic heterocycles. The average molecular weight is 361 g/mol. The molecule has 1 amide bonds. The summed E-state index contributed by atoms with van der Waals surface area (Å²) in [7, 11) is 0. The Morgan fingerprint density at radius 1 is 1.18 bits per heavy atom. The smallest absolute Gasteiger partial charge is 0.270 e. The molecule has 3 aromatic rings. The van der Waals surface area contributed by atoms with Gasteiger partial charge in [-0.25, -0.2) is 0 Å². The highest BCUT2D eigenvalue weighted by atomic mass is 79.9. The number of benzene rings is 1. The van der Waals surface area contributed by atoms with Crippen molar-refractivity contribution in [2.45, 2.75) is 5.92 Å². The van der Waals surface area contributed by atoms with Crippen LogP contribution in [0.4, 0.5) is 0 Å². The Kier molecular flexibility index (Phi) is 2.97. The SMILES string of the molecule is O=C(c1cc2ccc(Br)cc2[nH]1)N1CC(c2cc(=O)[nH][nH]2)C1. The van der Waals surface area contributed by atoms with Crippen molar-refractivity contribution >= 4 is 32.7 Å². The van der Waals surface area contributed by atoms with Crippen LogP contribution >= 0.6 is 15.9 Å². The highest BCUT2D eigenvalue weighted by Gasteiger charge is 2.33. The predicted molar refractivity (Wildman–Crippen MR) is 86.1 cm³/mol. The Labute approximate surface area is 133 Å². The van der Waals surface area contributed by atoms with E-state index in [1.165, 1.54) is 0 Å². The summed E-state index contributed by atoms with van der Waals surface area (Å²) in [5, 5.41) is 6.38. The van der Waals surface area contributed by atoms with Crippen molar-refractivity contribution in [1.29, 1.82) is 0 Å². The van der Waals surface area contributed by atoms with E-state index in [2.05, 4.69) is 31.1 Å². The number of carbonyl (C=O) groups excluding carboxylic acids is 1. The van der Waals surface area contributed by atoms with Gasteiger partial charge in [0.15, 0.2) is 0 Å². The predicted octanol–water partition coefficient (Wildman–Crippen LogP) is 2.19. The minimum absolute atomic E-state index is 0.0125. The Morgan fingerprint density at radius 2 is 2.00 bits per heavy atom. The lowest BCUT2D eigenvalue weighted by molar-refractivity contribution is 0.0593. The fourth-order valence-electron chi connectivity index (χ4n) is 2.79. The van der Waals surface area contributed by atoms with E-state index in [-0.39, 0.29) is 17.4 Å². The molecule has 112 valence electrons. The summed E-state index contributed by atoms with van der Waals surface area (Å²) in [6, 6.07) is 9.29. The fraction of sp³-hybridized carbons (Fsp3) is 0.200. The van der Waals surface area contributed by atoms with E-state index in [1.54, 1.807) is 11.0 Å². The number of aromatic amines is 3. The molecule has 0 radical (unpaired) electrons. The van der Waals surface area contributed by atoms with E-state index in [9.17, 15) is 9.59 Å². The maximum atomic E-state index is 12.5. The van der Waals surface area contributed by atoms with Gasteiger partial charge in [0.25, 0.3) is 11.5 Å². The van der Waals surface area contributed by atoms with Crippen LogP contribution in [0.1, 0.15) is 22.1 Å². The van der Waals surface area contributed by atoms with Gasteiger partial charge in [-0.3, -0.25) is 14.7 Å². The molecule has 0 aliphatic carbocycles. The van der Waals surface area contributed by atoms with Gasteiger partial charge in [-0.15, -0.1) is 0 Å². The molecule has 2 aromatic heterocycles. The van der Waals surface area contributed by atoms with Gasteiger partial charge in [0, 0.05) is 46.1 Å². The summed E-state index contributed by atoms with van der Waals surface area (Å²) in [5.41, 5.74) is 2.24. The summed E-state index contributed by atoms with van der Waals surface area (Å²) >= 11 is 3.42. The zero-order valence-corrected chi connectivity index (χ0v) is 13.1. The monoisotopic (exact) mass is 360 g/mol. The second kappa shape index (κ2) is 4.88. The summed E-state index contributed by atoms with van der Waals surface area (Å²) in [6.45, 7) is 1.23. The largest absolute Gasteiger partial charge is 0.350 e. The molecule has 3 N–H and O–H groups in total. The van der Waals surface area contributed by atoms with Crippen LogP contribution in [0.2, 0.25) is 0 Å². The quantitative estimate of drug-likeness (QED) is 0.654. The van der Waals surface area contributed by atoms with E-state index in [0.29, 0.717) is 18.8 Å². The number of H-pyrrole nitrogens is 3. The first-order valence-corrected chi connectivity index (χ1v) is 7.74. The van der Waals surface area contributed by atoms with Crippen LogP contribution in [0.3, 0.4) is 0 Å². The Hall–Kier alpha value is -2.28. The zero-order valence-electron chi connectivity index (χ0n) is 11.5. The van der Waals surface area contributed by atoms with Crippen molar-refractivity contribution < 1.29 is 4.79 Å². The van der Waals surface area contributed by atoms with E-state index < -0.39 is 0 Å². The minimum Gasteiger partial charge on any atom is -0.350 e. The van der Waals surface area contributed by atoms with Gasteiger partial charge in [0.1, 0.15) is 5.69 Å². The Balaban J connectivity index is 1.51. The number of nitrogens with zero attached hydrogens (tertiary/aromatic N) is 1. The number of hydrogen-bond donors (Lipinski definition) is 3. The molecule has 0 spiro atoms. The molecule has 7 heteroatoms. The number of rotatable bonds is 2. The van der Waals surface area contributed by atoms with E-state index in [1.807, 2.05) is 24.3 Å². The summed E-state index contributed by atoms with van der Waals surface area (Å²) in [6.07, 6.45) is 0. The molecule has 3 heterocycles. The molecule has 6 nitrogen and oxygen atoms in total. The number of carbonyl (C=O) groups is 1. The van der Waals surface area contributed by atoms with Crippen molar-refractivity contribution in [1.82, 2.24) is 20.1 Å². The van der Waals surface area contributed by atoms with Crippen LogP contribution in [0, 0.1) is 0 Å². The second-order valence-electron chi connectivity index (χ2n) is 5.54. The number of fused-ring (bicyclic) bond motifs is 1. The first-order chi connectivity index (χ1) is 10.6. The average Bonchev–Trinajstić information content (AvgIpc) is 3.03. The van der Waals surface area contributed by atoms with Crippen LogP contribution in [0.15, 0.2) is 39.6 Å². The van der Waals surface area contributed by atoms with Crippen LogP contribution < -0.4 is 5.56 Å². The molecule has 1 aliphatic rings. The number of aromatic nitrogens is 3. The molecule has 1 fully saturated rings. The molecule has 0 saturated carbocycles. The molecule has 1 saturated heterocycles. The van der Waals surface area contributed by atoms with Crippen molar-refractivity contribution in [3.8, 4) is 0 Å². The summed E-state index contributed by atoms with van der Waals surface area (Å²) in [4.78, 5) is 28.5. The van der Waals surface area contributed by atoms with E-state index >= 15 is 0 Å². The lowest BCUT2D eigenvalue weighted by Gasteiger charge is -2.38. The molecule has 1 aromatic carbocycles. The third kappa shape index (κ3) is 2.18. The third-order valence-electron chi connectivity index (χ3n) is 4.04. The number of nitrogens with one attached hydrogen (secondary N) is 3. The molecule has 4 rings (SSSR count). The number of likely N-dealkylation sites (tertiary alicyclic amines) is 1. The van der Waals surface area contributed by atoms with Crippen molar-refractivity contribution in [3.63, 3.8) is 0 Å². The lowest BCUT2D eigenvalue weighted by Crippen LogP contribution is -2.48. The van der Waals surface area contributed by atoms with E-state index in [0.717, 1.165) is 21.1 Å². The standard InChI is InChI=1S/C15H13BrN4O2/c16-10-2-1-8-3-13(17-11(8)4-10)15(22)20-6-9(7-20)12-5-14(21)19-18-12/h1-5,9,17H,6-7H2,(H2,18,19,21). The Bertz CT molecular complexity index is 917. The zero-order chi connectivity index (χ0) is 15.3. The number of hydrogen-bond acceptors (Lipinski definition) is 2. The van der Waals surface area contributed by atoms with Crippen LogP contribution in [-0.2, 0) is 0 Å². The van der Waals surface area contributed by atoms with Crippen LogP contribution in [0.25, 0.3) is 10.9 Å². The van der Waals surface area contributed by atoms with Gasteiger partial charge in [0.2, 0.25) is 0 Å². The van der Waals surface area contributed by atoms with E-state index in [4.69, 9.17) is 0 Å². The lowest BCUT2D eigenvalue weighted by atomic mass is 9.96. The fourth-order valence-corrected chi connectivity index (χ4v) is 3.15. The number of amides is 1. The first-order valence-electron chi connectivity index (χ1n) is 6.95. The topological polar surface area (TPSA) is 84.8 Å².